The summed E-state index contributed by atoms with van der Waals surface area (Å²) in [4.78, 5) is 0. The number of thiol groups is 1. The molecule has 1 rings (SSSR count). The van der Waals surface area contributed by atoms with Gasteiger partial charge in [0.2, 0.25) is 10.0 Å². The van der Waals surface area contributed by atoms with Gasteiger partial charge in [0.1, 0.15) is 0 Å². The van der Waals surface area contributed by atoms with Gasteiger partial charge in [-0.1, -0.05) is 6.92 Å². The summed E-state index contributed by atoms with van der Waals surface area (Å²) in [6.45, 7) is 10.0. The standard InChI is InChI=1S/C13H27NO2S2/c1-10(8-11(2)17)14(9-12-6-7-12)18(15,16)13(3,4)5/h10-12,17H,6-9H2,1-5H3/t10-,11?/m0/s1. The largest absolute Gasteiger partial charge is 0.219 e. The molecule has 0 aromatic rings. The summed E-state index contributed by atoms with van der Waals surface area (Å²) >= 11 is 4.39. The normalized spacial score (nSPS) is 21.1. The van der Waals surface area contributed by atoms with Crippen LogP contribution in [-0.2, 0) is 10.0 Å². The van der Waals surface area contributed by atoms with Gasteiger partial charge in [0, 0.05) is 17.8 Å². The van der Waals surface area contributed by atoms with E-state index in [2.05, 4.69) is 12.6 Å². The third-order valence-electron chi connectivity index (χ3n) is 3.39. The van der Waals surface area contributed by atoms with Gasteiger partial charge in [0.05, 0.1) is 4.75 Å². The molecule has 1 aliphatic rings. The Labute approximate surface area is 118 Å². The molecule has 1 saturated carbocycles. The van der Waals surface area contributed by atoms with Gasteiger partial charge in [0.25, 0.3) is 0 Å². The lowest BCUT2D eigenvalue weighted by molar-refractivity contribution is 0.303. The summed E-state index contributed by atoms with van der Waals surface area (Å²) < 4.78 is 26.3. The van der Waals surface area contributed by atoms with Gasteiger partial charge in [-0.3, -0.25) is 0 Å². The minimum Gasteiger partial charge on any atom is -0.212 e. The van der Waals surface area contributed by atoms with E-state index >= 15 is 0 Å². The van der Waals surface area contributed by atoms with Crippen molar-refractivity contribution in [2.45, 2.75) is 69.9 Å². The van der Waals surface area contributed by atoms with Crippen LogP contribution in [0.3, 0.4) is 0 Å². The maximum atomic E-state index is 12.6. The van der Waals surface area contributed by atoms with E-state index < -0.39 is 14.8 Å². The van der Waals surface area contributed by atoms with E-state index in [9.17, 15) is 8.42 Å². The average Bonchev–Trinajstić information content (AvgIpc) is 2.93. The van der Waals surface area contributed by atoms with Crippen molar-refractivity contribution in [3.63, 3.8) is 0 Å². The van der Waals surface area contributed by atoms with Crippen molar-refractivity contribution in [2.75, 3.05) is 6.54 Å². The molecule has 0 heterocycles. The SMILES string of the molecule is CC(S)C[C@H](C)N(CC1CC1)S(=O)(=O)C(C)(C)C. The molecule has 1 unspecified atom stereocenters. The van der Waals surface area contributed by atoms with E-state index in [0.29, 0.717) is 12.5 Å². The van der Waals surface area contributed by atoms with E-state index in [1.807, 2.05) is 13.8 Å². The Bertz CT molecular complexity index is 367. The molecule has 0 radical (unpaired) electrons. The predicted octanol–water partition coefficient (Wildman–Crippen LogP) is 2.92. The van der Waals surface area contributed by atoms with Crippen LogP contribution in [0.2, 0.25) is 0 Å². The smallest absolute Gasteiger partial charge is 0.212 e. The molecule has 0 bridgehead atoms. The molecule has 0 aromatic heterocycles. The van der Waals surface area contributed by atoms with Crippen LogP contribution in [0.5, 0.6) is 0 Å². The summed E-state index contributed by atoms with van der Waals surface area (Å²) in [5, 5.41) is 0.219. The number of hydrogen-bond acceptors (Lipinski definition) is 3. The van der Waals surface area contributed by atoms with Crippen molar-refractivity contribution in [3.8, 4) is 0 Å². The average molecular weight is 293 g/mol. The number of hydrogen-bond donors (Lipinski definition) is 1. The van der Waals surface area contributed by atoms with Crippen LogP contribution in [0.25, 0.3) is 0 Å². The Balaban J connectivity index is 2.89. The number of rotatable bonds is 6. The van der Waals surface area contributed by atoms with Gasteiger partial charge in [0.15, 0.2) is 0 Å². The van der Waals surface area contributed by atoms with E-state index in [4.69, 9.17) is 0 Å². The first kappa shape index (κ1) is 16.3. The quantitative estimate of drug-likeness (QED) is 0.765. The molecule has 0 aromatic carbocycles. The van der Waals surface area contributed by atoms with Gasteiger partial charge in [-0.15, -0.1) is 0 Å². The van der Waals surface area contributed by atoms with Crippen LogP contribution in [0, 0.1) is 5.92 Å². The van der Waals surface area contributed by atoms with Gasteiger partial charge < -0.3 is 0 Å². The van der Waals surface area contributed by atoms with Gasteiger partial charge in [-0.05, 0) is 52.9 Å². The predicted molar refractivity (Wildman–Crippen MR) is 80.6 cm³/mol. The molecule has 0 N–H and O–H groups in total. The first-order valence-corrected chi connectivity index (χ1v) is 8.71. The molecule has 3 nitrogen and oxygen atoms in total. The fourth-order valence-electron chi connectivity index (χ4n) is 2.03. The highest BCUT2D eigenvalue weighted by molar-refractivity contribution is 7.90. The highest BCUT2D eigenvalue weighted by atomic mass is 32.2. The van der Waals surface area contributed by atoms with Crippen LogP contribution in [0.4, 0.5) is 0 Å². The Hall–Kier alpha value is 0.260. The van der Waals surface area contributed by atoms with Crippen molar-refractivity contribution in [2.24, 2.45) is 5.92 Å². The molecule has 2 atom stereocenters. The maximum absolute atomic E-state index is 12.6. The van der Waals surface area contributed by atoms with E-state index in [-0.39, 0.29) is 11.3 Å². The molecule has 0 amide bonds. The summed E-state index contributed by atoms with van der Waals surface area (Å²) in [5.41, 5.74) is 0. The van der Waals surface area contributed by atoms with Crippen molar-refractivity contribution >= 4 is 22.7 Å². The minimum atomic E-state index is -3.24. The Morgan fingerprint density at radius 3 is 2.11 bits per heavy atom. The molecule has 108 valence electrons. The summed E-state index contributed by atoms with van der Waals surface area (Å²) in [5.74, 6) is 0.569. The molecule has 18 heavy (non-hydrogen) atoms. The summed E-state index contributed by atoms with van der Waals surface area (Å²) in [7, 11) is -3.24. The monoisotopic (exact) mass is 293 g/mol. The Morgan fingerprint density at radius 1 is 1.28 bits per heavy atom. The Morgan fingerprint density at radius 2 is 1.78 bits per heavy atom. The van der Waals surface area contributed by atoms with Crippen molar-refractivity contribution in [1.29, 1.82) is 0 Å². The molecule has 0 spiro atoms. The second-order valence-corrected chi connectivity index (χ2v) is 10.1. The van der Waals surface area contributed by atoms with Crippen molar-refractivity contribution < 1.29 is 8.42 Å². The maximum Gasteiger partial charge on any atom is 0.219 e. The second-order valence-electron chi connectivity index (χ2n) is 6.56. The summed E-state index contributed by atoms with van der Waals surface area (Å²) in [6.07, 6.45) is 3.13. The van der Waals surface area contributed by atoms with Gasteiger partial charge >= 0.3 is 0 Å². The lowest BCUT2D eigenvalue weighted by Crippen LogP contribution is -2.48. The molecule has 1 aliphatic carbocycles. The van der Waals surface area contributed by atoms with Crippen LogP contribution in [0.15, 0.2) is 0 Å². The lowest BCUT2D eigenvalue weighted by Gasteiger charge is -2.35. The van der Waals surface area contributed by atoms with Crippen LogP contribution in [0.1, 0.15) is 53.9 Å². The molecule has 1 fully saturated rings. The minimum absolute atomic E-state index is 0.0299. The molecule has 5 heteroatoms. The van der Waals surface area contributed by atoms with E-state index in [0.717, 1.165) is 6.42 Å². The molecular formula is C13H27NO2S2. The van der Waals surface area contributed by atoms with Gasteiger partial charge in [-0.2, -0.15) is 16.9 Å². The number of sulfonamides is 1. The zero-order valence-electron chi connectivity index (χ0n) is 12.2. The van der Waals surface area contributed by atoms with Crippen LogP contribution >= 0.6 is 12.6 Å². The highest BCUT2D eigenvalue weighted by Gasteiger charge is 2.40. The third kappa shape index (κ3) is 4.14. The van der Waals surface area contributed by atoms with Gasteiger partial charge in [-0.25, -0.2) is 8.42 Å². The molecule has 0 aliphatic heterocycles. The number of nitrogens with zero attached hydrogens (tertiary/aromatic N) is 1. The van der Waals surface area contributed by atoms with Crippen LogP contribution in [-0.4, -0.2) is 35.3 Å². The Kier molecular flexibility index (Phi) is 5.18. The second kappa shape index (κ2) is 5.71. The lowest BCUT2D eigenvalue weighted by atomic mass is 10.2. The summed E-state index contributed by atoms with van der Waals surface area (Å²) in [6, 6.07) is 0.0299. The first-order chi connectivity index (χ1) is 8.05. The fraction of sp³-hybridized carbons (Fsp3) is 1.00. The third-order valence-corrected chi connectivity index (χ3v) is 6.28. The fourth-order valence-corrected chi connectivity index (χ4v) is 4.01. The van der Waals surface area contributed by atoms with Crippen molar-refractivity contribution in [1.82, 2.24) is 4.31 Å². The van der Waals surface area contributed by atoms with E-state index in [1.54, 1.807) is 25.1 Å². The van der Waals surface area contributed by atoms with Crippen molar-refractivity contribution in [3.05, 3.63) is 0 Å². The molecule has 0 saturated heterocycles. The van der Waals surface area contributed by atoms with E-state index in [1.165, 1.54) is 12.8 Å². The van der Waals surface area contributed by atoms with Crippen LogP contribution < -0.4 is 0 Å². The first-order valence-electron chi connectivity index (χ1n) is 6.75. The zero-order chi connectivity index (χ0) is 14.1. The molecular weight excluding hydrogens is 266 g/mol. The zero-order valence-corrected chi connectivity index (χ0v) is 13.9. The topological polar surface area (TPSA) is 37.4 Å². The highest BCUT2D eigenvalue weighted by Crippen LogP contribution is 2.34.